The van der Waals surface area contributed by atoms with Crippen LogP contribution in [-0.4, -0.2) is 17.6 Å². The second-order valence-corrected chi connectivity index (χ2v) is 5.54. The summed E-state index contributed by atoms with van der Waals surface area (Å²) in [6.07, 6.45) is 6.69. The van der Waals surface area contributed by atoms with Gasteiger partial charge in [-0.15, -0.1) is 0 Å². The molecule has 0 amide bonds. The van der Waals surface area contributed by atoms with E-state index < -0.39 is 0 Å². The molecule has 2 fully saturated rings. The molecule has 2 heterocycles. The second kappa shape index (κ2) is 4.61. The Bertz CT molecular complexity index is 489. The first kappa shape index (κ1) is 11.5. The highest BCUT2D eigenvalue weighted by molar-refractivity contribution is 5.46. The molecule has 2 unspecified atom stereocenters. The molecule has 94 valence electrons. The van der Waals surface area contributed by atoms with Gasteiger partial charge in [0.15, 0.2) is 0 Å². The van der Waals surface area contributed by atoms with Crippen LogP contribution in [0.5, 0.6) is 0 Å². The lowest BCUT2D eigenvalue weighted by Crippen LogP contribution is -2.35. The van der Waals surface area contributed by atoms with Crippen molar-refractivity contribution >= 4 is 5.82 Å². The van der Waals surface area contributed by atoms with Gasteiger partial charge in [-0.25, -0.2) is 4.98 Å². The molecule has 3 heteroatoms. The van der Waals surface area contributed by atoms with Gasteiger partial charge in [-0.3, -0.25) is 0 Å². The SMILES string of the molecule is Cc1ccc(N2CCC3CCCCC32)nc1C#N. The summed E-state index contributed by atoms with van der Waals surface area (Å²) in [6, 6.07) is 6.96. The first-order chi connectivity index (χ1) is 8.79. The topological polar surface area (TPSA) is 39.9 Å². The van der Waals surface area contributed by atoms with E-state index in [0.717, 1.165) is 23.8 Å². The monoisotopic (exact) mass is 241 g/mol. The zero-order chi connectivity index (χ0) is 12.5. The lowest BCUT2D eigenvalue weighted by molar-refractivity contribution is 0.341. The molecule has 3 rings (SSSR count). The van der Waals surface area contributed by atoms with Crippen LogP contribution >= 0.6 is 0 Å². The van der Waals surface area contributed by atoms with Gasteiger partial charge in [0, 0.05) is 12.6 Å². The van der Waals surface area contributed by atoms with Crippen molar-refractivity contribution < 1.29 is 0 Å². The minimum Gasteiger partial charge on any atom is -0.353 e. The van der Waals surface area contributed by atoms with Gasteiger partial charge in [0.2, 0.25) is 0 Å². The van der Waals surface area contributed by atoms with Crippen molar-refractivity contribution in [1.29, 1.82) is 5.26 Å². The van der Waals surface area contributed by atoms with Crippen LogP contribution in [0.3, 0.4) is 0 Å². The van der Waals surface area contributed by atoms with Gasteiger partial charge in [0.1, 0.15) is 17.6 Å². The van der Waals surface area contributed by atoms with E-state index in [2.05, 4.69) is 22.0 Å². The molecule has 1 aliphatic heterocycles. The third-order valence-corrected chi connectivity index (χ3v) is 4.49. The molecule has 0 bridgehead atoms. The Labute approximate surface area is 108 Å². The summed E-state index contributed by atoms with van der Waals surface area (Å²) in [4.78, 5) is 6.96. The number of fused-ring (bicyclic) bond motifs is 1. The zero-order valence-corrected chi connectivity index (χ0v) is 10.9. The average molecular weight is 241 g/mol. The van der Waals surface area contributed by atoms with Gasteiger partial charge in [0.05, 0.1) is 0 Å². The van der Waals surface area contributed by atoms with Crippen LogP contribution in [-0.2, 0) is 0 Å². The lowest BCUT2D eigenvalue weighted by Gasteiger charge is -2.32. The molecule has 18 heavy (non-hydrogen) atoms. The summed E-state index contributed by atoms with van der Waals surface area (Å²) >= 11 is 0. The molecule has 0 N–H and O–H groups in total. The van der Waals surface area contributed by atoms with Crippen molar-refractivity contribution in [1.82, 2.24) is 4.98 Å². The minimum atomic E-state index is 0.576. The Morgan fingerprint density at radius 2 is 2.11 bits per heavy atom. The Balaban J connectivity index is 1.89. The van der Waals surface area contributed by atoms with Gasteiger partial charge in [-0.1, -0.05) is 18.9 Å². The first-order valence-corrected chi connectivity index (χ1v) is 6.94. The van der Waals surface area contributed by atoms with E-state index in [-0.39, 0.29) is 0 Å². The van der Waals surface area contributed by atoms with Gasteiger partial charge in [0.25, 0.3) is 0 Å². The van der Waals surface area contributed by atoms with Crippen molar-refractivity contribution in [2.45, 2.75) is 45.1 Å². The number of hydrogen-bond acceptors (Lipinski definition) is 3. The summed E-state index contributed by atoms with van der Waals surface area (Å²) in [5.41, 5.74) is 1.55. The highest BCUT2D eigenvalue weighted by Gasteiger charge is 2.36. The maximum atomic E-state index is 9.09. The maximum absolute atomic E-state index is 9.09. The molecule has 1 aromatic heterocycles. The molecule has 3 nitrogen and oxygen atoms in total. The minimum absolute atomic E-state index is 0.576. The fourth-order valence-corrected chi connectivity index (χ4v) is 3.48. The van der Waals surface area contributed by atoms with Crippen LogP contribution < -0.4 is 4.90 Å². The van der Waals surface area contributed by atoms with Crippen LogP contribution in [0.25, 0.3) is 0 Å². The Kier molecular flexibility index (Phi) is 2.95. The molecule has 2 aliphatic rings. The maximum Gasteiger partial charge on any atom is 0.145 e. The fraction of sp³-hybridized carbons (Fsp3) is 0.600. The van der Waals surface area contributed by atoms with E-state index in [1.807, 2.05) is 13.0 Å². The van der Waals surface area contributed by atoms with Gasteiger partial charge in [-0.05, 0) is 43.7 Å². The first-order valence-electron chi connectivity index (χ1n) is 6.94. The Morgan fingerprint density at radius 1 is 1.28 bits per heavy atom. The van der Waals surface area contributed by atoms with Crippen LogP contribution in [0.2, 0.25) is 0 Å². The number of rotatable bonds is 1. The molecule has 1 saturated carbocycles. The highest BCUT2D eigenvalue weighted by Crippen LogP contribution is 2.38. The zero-order valence-electron chi connectivity index (χ0n) is 10.9. The number of anilines is 1. The fourth-order valence-electron chi connectivity index (χ4n) is 3.48. The van der Waals surface area contributed by atoms with Gasteiger partial charge in [-0.2, -0.15) is 5.26 Å². The summed E-state index contributed by atoms with van der Waals surface area (Å²) in [5, 5.41) is 9.09. The van der Waals surface area contributed by atoms with Crippen LogP contribution in [0.4, 0.5) is 5.82 Å². The molecule has 1 aliphatic carbocycles. The van der Waals surface area contributed by atoms with E-state index in [9.17, 15) is 0 Å². The van der Waals surface area contributed by atoms with Crippen molar-refractivity contribution in [3.05, 3.63) is 23.4 Å². The third-order valence-electron chi connectivity index (χ3n) is 4.49. The number of aromatic nitrogens is 1. The van der Waals surface area contributed by atoms with Gasteiger partial charge >= 0.3 is 0 Å². The van der Waals surface area contributed by atoms with Crippen molar-refractivity contribution in [3.8, 4) is 6.07 Å². The predicted octanol–water partition coefficient (Wildman–Crippen LogP) is 3.03. The predicted molar refractivity (Wildman–Crippen MR) is 71.4 cm³/mol. The number of pyridine rings is 1. The highest BCUT2D eigenvalue weighted by atomic mass is 15.2. The van der Waals surface area contributed by atoms with Crippen LogP contribution in [0.1, 0.15) is 43.4 Å². The summed E-state index contributed by atoms with van der Waals surface area (Å²) < 4.78 is 0. The normalized spacial score (nSPS) is 26.8. The van der Waals surface area contributed by atoms with Crippen LogP contribution in [0, 0.1) is 24.2 Å². The molecule has 1 saturated heterocycles. The number of nitrogens with zero attached hydrogens (tertiary/aromatic N) is 3. The Morgan fingerprint density at radius 3 is 2.94 bits per heavy atom. The van der Waals surface area contributed by atoms with Crippen molar-refractivity contribution in [2.75, 3.05) is 11.4 Å². The van der Waals surface area contributed by atoms with E-state index in [0.29, 0.717) is 11.7 Å². The van der Waals surface area contributed by atoms with E-state index >= 15 is 0 Å². The number of aryl methyl sites for hydroxylation is 1. The van der Waals surface area contributed by atoms with Crippen molar-refractivity contribution in [2.24, 2.45) is 5.92 Å². The molecule has 0 radical (unpaired) electrons. The van der Waals surface area contributed by atoms with Gasteiger partial charge < -0.3 is 4.90 Å². The van der Waals surface area contributed by atoms with E-state index in [1.54, 1.807) is 0 Å². The van der Waals surface area contributed by atoms with Crippen LogP contribution in [0.15, 0.2) is 12.1 Å². The average Bonchev–Trinajstić information content (AvgIpc) is 2.83. The quantitative estimate of drug-likeness (QED) is 0.758. The van der Waals surface area contributed by atoms with E-state index in [4.69, 9.17) is 5.26 Å². The summed E-state index contributed by atoms with van der Waals surface area (Å²) in [5.74, 6) is 1.86. The summed E-state index contributed by atoms with van der Waals surface area (Å²) in [6.45, 7) is 3.05. The lowest BCUT2D eigenvalue weighted by atomic mass is 9.85. The second-order valence-electron chi connectivity index (χ2n) is 5.54. The molecular weight excluding hydrogens is 222 g/mol. The number of hydrogen-bond donors (Lipinski definition) is 0. The standard InChI is InChI=1S/C15H19N3/c1-11-6-7-15(17-13(11)10-16)18-9-8-12-4-2-3-5-14(12)18/h6-7,12,14H,2-5,8-9H2,1H3. The van der Waals surface area contributed by atoms with E-state index in [1.165, 1.54) is 32.1 Å². The summed E-state index contributed by atoms with van der Waals surface area (Å²) in [7, 11) is 0. The molecular formula is C15H19N3. The molecule has 0 spiro atoms. The Hall–Kier alpha value is -1.56. The molecule has 1 aromatic rings. The molecule has 2 atom stereocenters. The largest absolute Gasteiger partial charge is 0.353 e. The smallest absolute Gasteiger partial charge is 0.145 e. The number of nitriles is 1. The van der Waals surface area contributed by atoms with Crippen molar-refractivity contribution in [3.63, 3.8) is 0 Å². The molecule has 0 aromatic carbocycles. The third kappa shape index (κ3) is 1.86.